The molecule has 1 saturated heterocycles. The number of amides is 2. The largest absolute Gasteiger partial charge is 0.366 e. The Morgan fingerprint density at radius 1 is 1.07 bits per heavy atom. The van der Waals surface area contributed by atoms with Gasteiger partial charge in [0.05, 0.1) is 23.5 Å². The molecule has 1 aliphatic heterocycles. The van der Waals surface area contributed by atoms with E-state index in [2.05, 4.69) is 15.3 Å². The van der Waals surface area contributed by atoms with Gasteiger partial charge < -0.3 is 15.1 Å². The van der Waals surface area contributed by atoms with E-state index >= 15 is 0 Å². The second kappa shape index (κ2) is 8.77. The predicted octanol–water partition coefficient (Wildman–Crippen LogP) is 2.17. The highest BCUT2D eigenvalue weighted by atomic mass is 19.1. The standard InChI is InChI=1S/C22H26FN5O2/c1-15-13-25-19(14-24-15)21(29)26-18-7-4-5-16(18)22(30)28-11-9-27(10-12-28)20-8-3-2-6-17(20)23/h2-3,6,8,13-14,16,18H,4-5,7,9-12H2,1H3,(H,26,29)/t16-,18+/m0/s1. The smallest absolute Gasteiger partial charge is 0.271 e. The summed E-state index contributed by atoms with van der Waals surface area (Å²) in [6.45, 7) is 4.10. The quantitative estimate of drug-likeness (QED) is 0.834. The SMILES string of the molecule is Cc1cnc(C(=O)N[C@@H]2CCC[C@@H]2C(=O)N2CCN(c3ccccc3F)CC2)cn1. The van der Waals surface area contributed by atoms with Crippen molar-refractivity contribution in [3.05, 3.63) is 53.9 Å². The molecule has 4 rings (SSSR count). The van der Waals surface area contributed by atoms with Crippen molar-refractivity contribution in [1.29, 1.82) is 0 Å². The molecule has 1 N–H and O–H groups in total. The molecular weight excluding hydrogens is 385 g/mol. The van der Waals surface area contributed by atoms with Crippen LogP contribution in [0.1, 0.15) is 35.4 Å². The molecule has 2 heterocycles. The summed E-state index contributed by atoms with van der Waals surface area (Å²) in [6.07, 6.45) is 5.45. The number of para-hydroxylation sites is 1. The van der Waals surface area contributed by atoms with Gasteiger partial charge in [-0.1, -0.05) is 18.6 Å². The van der Waals surface area contributed by atoms with Crippen LogP contribution in [0.2, 0.25) is 0 Å². The lowest BCUT2D eigenvalue weighted by Crippen LogP contribution is -2.53. The van der Waals surface area contributed by atoms with E-state index in [4.69, 9.17) is 0 Å². The van der Waals surface area contributed by atoms with Crippen LogP contribution in [-0.2, 0) is 4.79 Å². The van der Waals surface area contributed by atoms with E-state index in [1.165, 1.54) is 12.3 Å². The second-order valence-electron chi connectivity index (χ2n) is 7.92. The van der Waals surface area contributed by atoms with Gasteiger partial charge in [-0.15, -0.1) is 0 Å². The number of carbonyl (C=O) groups is 2. The molecule has 2 aromatic rings. The highest BCUT2D eigenvalue weighted by Crippen LogP contribution is 2.29. The molecule has 2 amide bonds. The number of nitrogens with zero attached hydrogens (tertiary/aromatic N) is 4. The number of halogens is 1. The molecule has 0 spiro atoms. The minimum Gasteiger partial charge on any atom is -0.366 e. The van der Waals surface area contributed by atoms with Crippen molar-refractivity contribution in [2.45, 2.75) is 32.2 Å². The van der Waals surface area contributed by atoms with Crippen molar-refractivity contribution < 1.29 is 14.0 Å². The van der Waals surface area contributed by atoms with E-state index in [0.29, 0.717) is 31.9 Å². The molecule has 1 aromatic heterocycles. The van der Waals surface area contributed by atoms with Crippen molar-refractivity contribution in [3.63, 3.8) is 0 Å². The van der Waals surface area contributed by atoms with Crippen LogP contribution in [0.3, 0.4) is 0 Å². The van der Waals surface area contributed by atoms with Gasteiger partial charge in [0.25, 0.3) is 5.91 Å². The summed E-state index contributed by atoms with van der Waals surface area (Å²) in [4.78, 5) is 37.7. The van der Waals surface area contributed by atoms with Crippen LogP contribution in [0.25, 0.3) is 0 Å². The molecule has 2 aliphatic rings. The fourth-order valence-corrected chi connectivity index (χ4v) is 4.29. The molecule has 30 heavy (non-hydrogen) atoms. The Balaban J connectivity index is 1.35. The predicted molar refractivity (Wildman–Crippen MR) is 111 cm³/mol. The van der Waals surface area contributed by atoms with Gasteiger partial charge in [0.1, 0.15) is 11.5 Å². The maximum absolute atomic E-state index is 14.0. The molecule has 2 fully saturated rings. The van der Waals surface area contributed by atoms with Crippen molar-refractivity contribution in [2.75, 3.05) is 31.1 Å². The Kier molecular flexibility index (Phi) is 5.92. The monoisotopic (exact) mass is 411 g/mol. The van der Waals surface area contributed by atoms with Crippen LogP contribution in [0.15, 0.2) is 36.7 Å². The van der Waals surface area contributed by atoms with E-state index in [-0.39, 0.29) is 35.3 Å². The van der Waals surface area contributed by atoms with E-state index in [0.717, 1.165) is 25.0 Å². The summed E-state index contributed by atoms with van der Waals surface area (Å²) in [5.74, 6) is -0.694. The summed E-state index contributed by atoms with van der Waals surface area (Å²) in [5.41, 5.74) is 1.59. The van der Waals surface area contributed by atoms with E-state index in [1.54, 1.807) is 18.3 Å². The number of aromatic nitrogens is 2. The zero-order valence-corrected chi connectivity index (χ0v) is 17.1. The highest BCUT2D eigenvalue weighted by molar-refractivity contribution is 5.92. The van der Waals surface area contributed by atoms with Crippen molar-refractivity contribution in [3.8, 4) is 0 Å². The fraction of sp³-hybridized carbons (Fsp3) is 0.455. The molecule has 0 unspecified atom stereocenters. The van der Waals surface area contributed by atoms with Crippen LogP contribution >= 0.6 is 0 Å². The average molecular weight is 411 g/mol. The molecule has 2 atom stereocenters. The number of benzene rings is 1. The summed E-state index contributed by atoms with van der Waals surface area (Å²) in [5, 5.41) is 2.98. The maximum atomic E-state index is 14.0. The zero-order valence-electron chi connectivity index (χ0n) is 17.1. The van der Waals surface area contributed by atoms with Crippen LogP contribution in [0.5, 0.6) is 0 Å². The van der Waals surface area contributed by atoms with Gasteiger partial charge in [0.2, 0.25) is 5.91 Å². The molecule has 0 bridgehead atoms. The van der Waals surface area contributed by atoms with Gasteiger partial charge in [0, 0.05) is 38.4 Å². The Bertz CT molecular complexity index is 912. The molecular formula is C22H26FN5O2. The first-order valence-corrected chi connectivity index (χ1v) is 10.4. The Morgan fingerprint density at radius 2 is 1.83 bits per heavy atom. The minimum atomic E-state index is -0.295. The van der Waals surface area contributed by atoms with E-state index in [1.807, 2.05) is 22.8 Å². The number of rotatable bonds is 4. The van der Waals surface area contributed by atoms with Gasteiger partial charge in [-0.05, 0) is 31.9 Å². The second-order valence-corrected chi connectivity index (χ2v) is 7.92. The van der Waals surface area contributed by atoms with Crippen LogP contribution in [-0.4, -0.2) is 58.9 Å². The molecule has 8 heteroatoms. The van der Waals surface area contributed by atoms with Gasteiger partial charge in [-0.25, -0.2) is 9.37 Å². The minimum absolute atomic E-state index is 0.0703. The first kappa shape index (κ1) is 20.3. The number of carbonyl (C=O) groups excluding carboxylic acids is 2. The van der Waals surface area contributed by atoms with Crippen molar-refractivity contribution in [1.82, 2.24) is 20.2 Å². The van der Waals surface area contributed by atoms with Crippen LogP contribution in [0, 0.1) is 18.7 Å². The van der Waals surface area contributed by atoms with Crippen LogP contribution < -0.4 is 10.2 Å². The van der Waals surface area contributed by atoms with Gasteiger partial charge >= 0.3 is 0 Å². The molecule has 1 aromatic carbocycles. The van der Waals surface area contributed by atoms with Crippen LogP contribution in [0.4, 0.5) is 10.1 Å². The van der Waals surface area contributed by atoms with Gasteiger partial charge in [-0.3, -0.25) is 14.6 Å². The number of hydrogen-bond donors (Lipinski definition) is 1. The Labute approximate surface area is 175 Å². The third-order valence-electron chi connectivity index (χ3n) is 5.95. The number of anilines is 1. The summed E-state index contributed by atoms with van der Waals surface area (Å²) in [6, 6.07) is 6.52. The average Bonchev–Trinajstić information content (AvgIpc) is 3.22. The zero-order chi connectivity index (χ0) is 21.1. The van der Waals surface area contributed by atoms with Crippen molar-refractivity contribution in [2.24, 2.45) is 5.92 Å². The summed E-state index contributed by atoms with van der Waals surface area (Å²) in [7, 11) is 0. The Hall–Kier alpha value is -3.03. The number of nitrogens with one attached hydrogen (secondary N) is 1. The normalized spacial score (nSPS) is 21.5. The van der Waals surface area contributed by atoms with Gasteiger partial charge in [0.15, 0.2) is 0 Å². The first-order valence-electron chi connectivity index (χ1n) is 10.4. The molecule has 1 aliphatic carbocycles. The fourth-order valence-electron chi connectivity index (χ4n) is 4.29. The number of hydrogen-bond acceptors (Lipinski definition) is 5. The first-order chi connectivity index (χ1) is 14.5. The number of piperazine rings is 1. The van der Waals surface area contributed by atoms with Gasteiger partial charge in [-0.2, -0.15) is 0 Å². The Morgan fingerprint density at radius 3 is 2.53 bits per heavy atom. The summed E-state index contributed by atoms with van der Waals surface area (Å²) < 4.78 is 14.0. The molecule has 158 valence electrons. The van der Waals surface area contributed by atoms with E-state index < -0.39 is 0 Å². The lowest BCUT2D eigenvalue weighted by molar-refractivity contribution is -0.136. The third kappa shape index (κ3) is 4.27. The van der Waals surface area contributed by atoms with Crippen molar-refractivity contribution >= 4 is 17.5 Å². The molecule has 0 radical (unpaired) electrons. The lowest BCUT2D eigenvalue weighted by Gasteiger charge is -2.38. The highest BCUT2D eigenvalue weighted by Gasteiger charge is 2.37. The number of aryl methyl sites for hydroxylation is 1. The molecule has 1 saturated carbocycles. The topological polar surface area (TPSA) is 78.4 Å². The van der Waals surface area contributed by atoms with E-state index in [9.17, 15) is 14.0 Å². The molecule has 7 nitrogen and oxygen atoms in total. The third-order valence-corrected chi connectivity index (χ3v) is 5.95. The maximum Gasteiger partial charge on any atom is 0.271 e. The summed E-state index contributed by atoms with van der Waals surface area (Å²) >= 11 is 0. The lowest BCUT2D eigenvalue weighted by atomic mass is 10.0.